The van der Waals surface area contributed by atoms with Gasteiger partial charge in [0.05, 0.1) is 13.2 Å². The van der Waals surface area contributed by atoms with Crippen LogP contribution < -0.4 is 5.73 Å². The predicted molar refractivity (Wildman–Crippen MR) is 87.5 cm³/mol. The van der Waals surface area contributed by atoms with Gasteiger partial charge in [0.1, 0.15) is 5.72 Å². The minimum Gasteiger partial charge on any atom is -0.361 e. The van der Waals surface area contributed by atoms with Crippen molar-refractivity contribution in [3.05, 3.63) is 0 Å². The van der Waals surface area contributed by atoms with Crippen molar-refractivity contribution in [1.29, 1.82) is 0 Å². The van der Waals surface area contributed by atoms with Gasteiger partial charge in [-0.3, -0.25) is 4.57 Å². The zero-order valence-electron chi connectivity index (χ0n) is 14.8. The molecule has 134 valence electrons. The molecule has 5 nitrogen and oxygen atoms in total. The number of ether oxygens (including phenoxy) is 1. The molecule has 0 amide bonds. The van der Waals surface area contributed by atoms with Crippen molar-refractivity contribution in [2.24, 2.45) is 17.6 Å². The van der Waals surface area contributed by atoms with E-state index in [0.29, 0.717) is 13.0 Å². The monoisotopic (exact) mass is 341 g/mol. The zero-order valence-corrected chi connectivity index (χ0v) is 15.7. The van der Waals surface area contributed by atoms with Crippen LogP contribution in [0.15, 0.2) is 0 Å². The van der Waals surface area contributed by atoms with E-state index < -0.39 is 19.2 Å². The van der Waals surface area contributed by atoms with E-state index in [1.807, 2.05) is 27.7 Å². The fourth-order valence-electron chi connectivity index (χ4n) is 1.45. The average Bonchev–Trinajstić information content (AvgIpc) is 2.37. The molecule has 0 aliphatic heterocycles. The summed E-state index contributed by atoms with van der Waals surface area (Å²) in [5, 5.41) is 0. The van der Waals surface area contributed by atoms with Crippen molar-refractivity contribution in [3.8, 4) is 0 Å². The first kappa shape index (κ1) is 22.0. The lowest BCUT2D eigenvalue weighted by molar-refractivity contribution is -0.0153. The van der Waals surface area contributed by atoms with Gasteiger partial charge in [-0.15, -0.1) is 0 Å². The maximum Gasteiger partial charge on any atom is 0.364 e. The summed E-state index contributed by atoms with van der Waals surface area (Å²) in [7, 11) is -3.75. The Bertz CT molecular complexity index is 329. The molecule has 0 aromatic carbocycles. The maximum atomic E-state index is 14.4. The summed E-state index contributed by atoms with van der Waals surface area (Å²) >= 11 is 0. The van der Waals surface area contributed by atoms with Crippen molar-refractivity contribution in [2.45, 2.75) is 66.0 Å². The lowest BCUT2D eigenvalue weighted by Gasteiger charge is -2.24. The summed E-state index contributed by atoms with van der Waals surface area (Å²) in [6.45, 7) is 11.8. The van der Waals surface area contributed by atoms with Crippen molar-refractivity contribution in [3.63, 3.8) is 0 Å². The van der Waals surface area contributed by atoms with Gasteiger partial charge < -0.3 is 19.5 Å². The molecule has 0 aliphatic carbocycles. The van der Waals surface area contributed by atoms with Gasteiger partial charge in [0, 0.05) is 6.61 Å². The third-order valence-electron chi connectivity index (χ3n) is 2.58. The lowest BCUT2D eigenvalue weighted by atomic mass is 10.2. The summed E-state index contributed by atoms with van der Waals surface area (Å²) < 4.78 is 42.9. The lowest BCUT2D eigenvalue weighted by Crippen LogP contribution is -2.35. The van der Waals surface area contributed by atoms with Crippen LogP contribution in [-0.4, -0.2) is 31.5 Å². The molecule has 0 spiro atoms. The highest BCUT2D eigenvalue weighted by Gasteiger charge is 2.36. The van der Waals surface area contributed by atoms with Gasteiger partial charge in [-0.25, -0.2) is 4.39 Å². The van der Waals surface area contributed by atoms with E-state index in [2.05, 4.69) is 0 Å². The topological polar surface area (TPSA) is 70.8 Å². The molecule has 1 unspecified atom stereocenters. The first-order valence-corrected chi connectivity index (χ1v) is 9.53. The molecule has 0 rings (SSSR count). The second-order valence-corrected chi connectivity index (χ2v) is 9.10. The van der Waals surface area contributed by atoms with Crippen LogP contribution in [-0.2, 0) is 18.3 Å². The van der Waals surface area contributed by atoms with Crippen molar-refractivity contribution in [2.75, 3.05) is 19.8 Å². The maximum absolute atomic E-state index is 14.4. The van der Waals surface area contributed by atoms with E-state index in [4.69, 9.17) is 19.5 Å². The van der Waals surface area contributed by atoms with Gasteiger partial charge in [-0.1, -0.05) is 27.7 Å². The number of rotatable bonds is 12. The summed E-state index contributed by atoms with van der Waals surface area (Å²) in [5.74, 6) is -1.33. The average molecular weight is 341 g/mol. The highest BCUT2D eigenvalue weighted by atomic mass is 31.2. The normalized spacial score (nSPS) is 14.8. The molecule has 0 saturated carbocycles. The van der Waals surface area contributed by atoms with E-state index >= 15 is 0 Å². The van der Waals surface area contributed by atoms with Crippen LogP contribution in [0.1, 0.15) is 54.4 Å². The van der Waals surface area contributed by atoms with Crippen molar-refractivity contribution >= 4 is 7.60 Å². The zero-order chi connectivity index (χ0) is 17.4. The second kappa shape index (κ2) is 9.99. The molecule has 0 saturated heterocycles. The van der Waals surface area contributed by atoms with Crippen LogP contribution in [0.3, 0.4) is 0 Å². The van der Waals surface area contributed by atoms with Crippen LogP contribution in [0.2, 0.25) is 0 Å². The molecule has 0 aromatic heterocycles. The molecular weight excluding hydrogens is 308 g/mol. The minimum atomic E-state index is -3.75. The second-order valence-electron chi connectivity index (χ2n) is 6.95. The van der Waals surface area contributed by atoms with Gasteiger partial charge in [0.25, 0.3) is 0 Å². The van der Waals surface area contributed by atoms with Crippen molar-refractivity contribution in [1.82, 2.24) is 0 Å². The Hall–Kier alpha value is -0.0000000000000000139. The van der Waals surface area contributed by atoms with Crippen molar-refractivity contribution < 1.29 is 22.7 Å². The Labute approximate surface area is 134 Å². The van der Waals surface area contributed by atoms with Gasteiger partial charge in [-0.05, 0) is 38.5 Å². The molecular formula is C15H33FNO4P. The summed E-state index contributed by atoms with van der Waals surface area (Å²) in [6, 6.07) is 0. The SMILES string of the molecule is CC(C)COP(=O)(OCC(C)C)C(F)CCCOC(C)(C)N. The van der Waals surface area contributed by atoms with Gasteiger partial charge in [0.15, 0.2) is 0 Å². The smallest absolute Gasteiger partial charge is 0.361 e. The molecule has 22 heavy (non-hydrogen) atoms. The summed E-state index contributed by atoms with van der Waals surface area (Å²) in [5.41, 5.74) is 4.93. The van der Waals surface area contributed by atoms with E-state index in [-0.39, 0.29) is 31.5 Å². The van der Waals surface area contributed by atoms with Gasteiger partial charge in [-0.2, -0.15) is 0 Å². The fourth-order valence-corrected chi connectivity index (χ4v) is 3.36. The van der Waals surface area contributed by atoms with E-state index in [9.17, 15) is 8.96 Å². The molecule has 0 fully saturated rings. The van der Waals surface area contributed by atoms with E-state index in [1.54, 1.807) is 13.8 Å². The van der Waals surface area contributed by atoms with Crippen LogP contribution in [0.25, 0.3) is 0 Å². The van der Waals surface area contributed by atoms with E-state index in [1.165, 1.54) is 0 Å². The van der Waals surface area contributed by atoms with Crippen LogP contribution in [0.4, 0.5) is 4.39 Å². The Kier molecular flexibility index (Phi) is 9.99. The van der Waals surface area contributed by atoms with Gasteiger partial charge >= 0.3 is 7.60 Å². The molecule has 0 bridgehead atoms. The summed E-state index contributed by atoms with van der Waals surface area (Å²) in [6.07, 6.45) is 0.464. The predicted octanol–water partition coefficient (Wildman–Crippen LogP) is 4.31. The third kappa shape index (κ3) is 10.7. The molecule has 0 heterocycles. The van der Waals surface area contributed by atoms with Crippen LogP contribution >= 0.6 is 7.60 Å². The largest absolute Gasteiger partial charge is 0.364 e. The number of hydrogen-bond acceptors (Lipinski definition) is 5. The minimum absolute atomic E-state index is 0.0591. The Morgan fingerprint density at radius 2 is 1.55 bits per heavy atom. The van der Waals surface area contributed by atoms with Crippen LogP contribution in [0, 0.1) is 11.8 Å². The number of hydrogen-bond donors (Lipinski definition) is 1. The highest BCUT2D eigenvalue weighted by Crippen LogP contribution is 2.55. The molecule has 0 aromatic rings. The Balaban J connectivity index is 4.47. The Morgan fingerprint density at radius 1 is 1.09 bits per heavy atom. The highest BCUT2D eigenvalue weighted by molar-refractivity contribution is 7.54. The fraction of sp³-hybridized carbons (Fsp3) is 1.00. The standard InChI is InChI=1S/C15H33FNO4P/c1-12(2)10-20-22(18,21-11-13(3)4)14(16)8-7-9-19-15(5,6)17/h12-14H,7-11,17H2,1-6H3. The Morgan fingerprint density at radius 3 is 1.91 bits per heavy atom. The first-order chi connectivity index (χ1) is 9.96. The molecule has 0 aliphatic rings. The third-order valence-corrected chi connectivity index (χ3v) is 4.54. The molecule has 2 N–H and O–H groups in total. The summed E-state index contributed by atoms with van der Waals surface area (Å²) in [4.78, 5) is 0. The first-order valence-electron chi connectivity index (χ1n) is 7.92. The molecule has 7 heteroatoms. The van der Waals surface area contributed by atoms with Gasteiger partial charge in [0.2, 0.25) is 5.91 Å². The van der Waals surface area contributed by atoms with Crippen LogP contribution in [0.5, 0.6) is 0 Å². The number of nitrogens with two attached hydrogens (primary N) is 1. The number of halogens is 1. The number of alkyl halides is 1. The molecule has 0 radical (unpaired) electrons. The molecule has 1 atom stereocenters. The quantitative estimate of drug-likeness (QED) is 0.325. The van der Waals surface area contributed by atoms with E-state index in [0.717, 1.165) is 0 Å².